The first-order valence-electron chi connectivity index (χ1n) is 3.23. The molecule has 0 amide bonds. The van der Waals surface area contributed by atoms with Crippen LogP contribution in [0.3, 0.4) is 0 Å². The topological polar surface area (TPSA) is 0 Å². The van der Waals surface area contributed by atoms with Crippen molar-refractivity contribution in [2.24, 2.45) is 5.41 Å². The fourth-order valence-corrected chi connectivity index (χ4v) is 1.40. The van der Waals surface area contributed by atoms with Crippen LogP contribution in [0.25, 0.3) is 0 Å². The highest BCUT2D eigenvalue weighted by Gasteiger charge is 2.25. The van der Waals surface area contributed by atoms with E-state index < -0.39 is 0 Å². The summed E-state index contributed by atoms with van der Waals surface area (Å²) in [5.41, 5.74) is -0.00656. The van der Waals surface area contributed by atoms with Crippen LogP contribution in [0.15, 0.2) is 23.3 Å². The molecule has 1 unspecified atom stereocenters. The van der Waals surface area contributed by atoms with Crippen molar-refractivity contribution >= 4 is 23.2 Å². The monoisotopic (exact) mass is 176 g/mol. The second-order valence-electron chi connectivity index (χ2n) is 3.11. The number of rotatable bonds is 0. The molecule has 0 radical (unpaired) electrons. The van der Waals surface area contributed by atoms with Crippen molar-refractivity contribution in [3.63, 3.8) is 0 Å². The molecule has 0 saturated carbocycles. The first-order chi connectivity index (χ1) is 4.52. The van der Waals surface area contributed by atoms with E-state index in [-0.39, 0.29) is 10.8 Å². The van der Waals surface area contributed by atoms with Crippen LogP contribution in [0.1, 0.15) is 13.8 Å². The molecule has 0 fully saturated rings. The van der Waals surface area contributed by atoms with Crippen molar-refractivity contribution in [1.82, 2.24) is 0 Å². The Morgan fingerprint density at radius 2 is 2.10 bits per heavy atom. The van der Waals surface area contributed by atoms with Gasteiger partial charge in [0, 0.05) is 10.4 Å². The van der Waals surface area contributed by atoms with Crippen LogP contribution < -0.4 is 0 Å². The quantitative estimate of drug-likeness (QED) is 0.498. The molecule has 0 N–H and O–H groups in total. The standard InChI is InChI=1S/C8H10Cl2/c1-8(2)5-6(9)3-4-7(8)10/h3-5,7H,1-2H3. The number of allylic oxidation sites excluding steroid dienone is 4. The second kappa shape index (κ2) is 2.60. The van der Waals surface area contributed by atoms with Gasteiger partial charge in [0.1, 0.15) is 0 Å². The van der Waals surface area contributed by atoms with Crippen LogP contribution in [0.5, 0.6) is 0 Å². The molecule has 2 heteroatoms. The summed E-state index contributed by atoms with van der Waals surface area (Å²) in [5.74, 6) is 0. The van der Waals surface area contributed by atoms with Crippen LogP contribution >= 0.6 is 23.2 Å². The summed E-state index contributed by atoms with van der Waals surface area (Å²) in [4.78, 5) is 0. The highest BCUT2D eigenvalue weighted by Crippen LogP contribution is 2.34. The molecule has 1 atom stereocenters. The number of hydrogen-bond donors (Lipinski definition) is 0. The molecular weight excluding hydrogens is 167 g/mol. The maximum absolute atomic E-state index is 5.98. The van der Waals surface area contributed by atoms with Gasteiger partial charge in [-0.3, -0.25) is 0 Å². The van der Waals surface area contributed by atoms with E-state index in [2.05, 4.69) is 13.8 Å². The molecule has 1 aliphatic carbocycles. The minimum Gasteiger partial charge on any atom is -0.118 e. The summed E-state index contributed by atoms with van der Waals surface area (Å²) in [7, 11) is 0. The summed E-state index contributed by atoms with van der Waals surface area (Å²) < 4.78 is 0. The molecule has 0 heterocycles. The van der Waals surface area contributed by atoms with Gasteiger partial charge in [0.2, 0.25) is 0 Å². The smallest absolute Gasteiger partial charge is 0.0605 e. The largest absolute Gasteiger partial charge is 0.118 e. The molecule has 1 aliphatic rings. The lowest BCUT2D eigenvalue weighted by atomic mass is 9.86. The van der Waals surface area contributed by atoms with Gasteiger partial charge < -0.3 is 0 Å². The molecule has 0 nitrogen and oxygen atoms in total. The number of halogens is 2. The third-order valence-electron chi connectivity index (χ3n) is 1.65. The van der Waals surface area contributed by atoms with Crippen molar-refractivity contribution in [3.8, 4) is 0 Å². The average Bonchev–Trinajstić information content (AvgIpc) is 1.78. The number of alkyl halides is 1. The van der Waals surface area contributed by atoms with E-state index in [0.29, 0.717) is 0 Å². The third kappa shape index (κ3) is 1.56. The fourth-order valence-electron chi connectivity index (χ4n) is 0.908. The Morgan fingerprint density at radius 3 is 2.50 bits per heavy atom. The Hall–Kier alpha value is 0.0600. The van der Waals surface area contributed by atoms with E-state index in [1.807, 2.05) is 18.2 Å². The fraction of sp³-hybridized carbons (Fsp3) is 0.500. The molecule has 0 aliphatic heterocycles. The minimum atomic E-state index is -0.00656. The normalized spacial score (nSPS) is 30.0. The maximum Gasteiger partial charge on any atom is 0.0605 e. The second-order valence-corrected chi connectivity index (χ2v) is 4.02. The van der Waals surface area contributed by atoms with E-state index in [9.17, 15) is 0 Å². The Morgan fingerprint density at radius 1 is 1.50 bits per heavy atom. The third-order valence-corrected chi connectivity index (χ3v) is 2.59. The van der Waals surface area contributed by atoms with Gasteiger partial charge in [0.05, 0.1) is 5.38 Å². The van der Waals surface area contributed by atoms with Gasteiger partial charge in [-0.05, 0) is 6.08 Å². The van der Waals surface area contributed by atoms with Gasteiger partial charge >= 0.3 is 0 Å². The van der Waals surface area contributed by atoms with Crippen LogP contribution in [0.4, 0.5) is 0 Å². The SMILES string of the molecule is CC1(C)C=C(Cl)C=CC1Cl. The Labute approximate surface area is 71.5 Å². The number of hydrogen-bond acceptors (Lipinski definition) is 0. The molecule has 0 aromatic carbocycles. The molecule has 0 aromatic rings. The predicted molar refractivity (Wildman–Crippen MR) is 46.5 cm³/mol. The highest BCUT2D eigenvalue weighted by molar-refractivity contribution is 6.32. The van der Waals surface area contributed by atoms with E-state index in [1.165, 1.54) is 0 Å². The van der Waals surface area contributed by atoms with E-state index in [0.717, 1.165) is 5.03 Å². The molecule has 0 spiro atoms. The Kier molecular flexibility index (Phi) is 2.12. The van der Waals surface area contributed by atoms with Crippen molar-refractivity contribution in [2.45, 2.75) is 19.2 Å². The molecule has 0 bridgehead atoms. The molecule has 0 saturated heterocycles. The van der Waals surface area contributed by atoms with Crippen LogP contribution in [-0.2, 0) is 0 Å². The van der Waals surface area contributed by atoms with Gasteiger partial charge in [0.15, 0.2) is 0 Å². The van der Waals surface area contributed by atoms with Gasteiger partial charge in [-0.15, -0.1) is 11.6 Å². The van der Waals surface area contributed by atoms with Gasteiger partial charge in [0.25, 0.3) is 0 Å². The predicted octanol–water partition coefficient (Wildman–Crippen LogP) is 3.31. The summed E-state index contributed by atoms with van der Waals surface area (Å²) in [6, 6.07) is 0. The van der Waals surface area contributed by atoms with E-state index in [4.69, 9.17) is 23.2 Å². The zero-order valence-electron chi connectivity index (χ0n) is 6.07. The highest BCUT2D eigenvalue weighted by atomic mass is 35.5. The molecule has 0 aromatic heterocycles. The van der Waals surface area contributed by atoms with Crippen molar-refractivity contribution in [2.75, 3.05) is 0 Å². The summed E-state index contributed by atoms with van der Waals surface area (Å²) in [6.07, 6.45) is 5.74. The van der Waals surface area contributed by atoms with Gasteiger partial charge in [-0.1, -0.05) is 37.6 Å². The molecule has 10 heavy (non-hydrogen) atoms. The van der Waals surface area contributed by atoms with Crippen LogP contribution in [-0.4, -0.2) is 5.38 Å². The molecule has 1 rings (SSSR count). The maximum atomic E-state index is 5.98. The lowest BCUT2D eigenvalue weighted by molar-refractivity contribution is 0.490. The Balaban J connectivity index is 2.88. The van der Waals surface area contributed by atoms with Gasteiger partial charge in [-0.25, -0.2) is 0 Å². The van der Waals surface area contributed by atoms with Crippen molar-refractivity contribution < 1.29 is 0 Å². The first kappa shape index (κ1) is 8.16. The van der Waals surface area contributed by atoms with Crippen LogP contribution in [0, 0.1) is 5.41 Å². The Bertz CT molecular complexity index is 189. The lowest BCUT2D eigenvalue weighted by Gasteiger charge is -2.26. The van der Waals surface area contributed by atoms with Crippen LogP contribution in [0.2, 0.25) is 0 Å². The van der Waals surface area contributed by atoms with Gasteiger partial charge in [-0.2, -0.15) is 0 Å². The van der Waals surface area contributed by atoms with Crippen molar-refractivity contribution in [3.05, 3.63) is 23.3 Å². The van der Waals surface area contributed by atoms with E-state index >= 15 is 0 Å². The lowest BCUT2D eigenvalue weighted by Crippen LogP contribution is -2.22. The minimum absolute atomic E-state index is 0.00656. The zero-order chi connectivity index (χ0) is 7.78. The summed E-state index contributed by atoms with van der Waals surface area (Å²) in [5, 5.41) is 0.844. The molecular formula is C8H10Cl2. The van der Waals surface area contributed by atoms with E-state index in [1.54, 1.807) is 0 Å². The molecule has 56 valence electrons. The van der Waals surface area contributed by atoms with Crippen molar-refractivity contribution in [1.29, 1.82) is 0 Å². The zero-order valence-corrected chi connectivity index (χ0v) is 7.58. The first-order valence-corrected chi connectivity index (χ1v) is 4.04. The summed E-state index contributed by atoms with van der Waals surface area (Å²) in [6.45, 7) is 4.13. The summed E-state index contributed by atoms with van der Waals surface area (Å²) >= 11 is 11.8. The average molecular weight is 177 g/mol.